The van der Waals surface area contributed by atoms with E-state index in [9.17, 15) is 4.39 Å². The van der Waals surface area contributed by atoms with E-state index in [1.54, 1.807) is 13.2 Å². The van der Waals surface area contributed by atoms with Crippen molar-refractivity contribution in [1.82, 2.24) is 5.32 Å². The minimum atomic E-state index is -0.161. The summed E-state index contributed by atoms with van der Waals surface area (Å²) in [7, 11) is 1.66. The zero-order valence-electron chi connectivity index (χ0n) is 12.2. The van der Waals surface area contributed by atoms with E-state index >= 15 is 0 Å². The van der Waals surface area contributed by atoms with Gasteiger partial charge in [0.1, 0.15) is 5.82 Å². The Morgan fingerprint density at radius 1 is 1.50 bits per heavy atom. The molecule has 1 N–H and O–H groups in total. The van der Waals surface area contributed by atoms with E-state index in [1.807, 2.05) is 13.0 Å². The van der Waals surface area contributed by atoms with Gasteiger partial charge in [0.2, 0.25) is 0 Å². The van der Waals surface area contributed by atoms with E-state index in [0.717, 1.165) is 24.3 Å². The van der Waals surface area contributed by atoms with Crippen molar-refractivity contribution < 1.29 is 13.9 Å². The van der Waals surface area contributed by atoms with Gasteiger partial charge in [-0.1, -0.05) is 6.07 Å². The summed E-state index contributed by atoms with van der Waals surface area (Å²) in [5.41, 5.74) is 1.68. The van der Waals surface area contributed by atoms with Crippen LogP contribution in [-0.4, -0.2) is 46.1 Å². The van der Waals surface area contributed by atoms with Crippen molar-refractivity contribution in [2.45, 2.75) is 19.6 Å². The molecule has 5 heteroatoms. The summed E-state index contributed by atoms with van der Waals surface area (Å²) >= 11 is 0. The molecule has 0 saturated carbocycles. The highest BCUT2D eigenvalue weighted by Crippen LogP contribution is 2.25. The van der Waals surface area contributed by atoms with Crippen LogP contribution in [0.2, 0.25) is 0 Å². The first-order chi connectivity index (χ1) is 9.72. The van der Waals surface area contributed by atoms with Gasteiger partial charge in [-0.25, -0.2) is 4.39 Å². The molecule has 0 aromatic heterocycles. The van der Waals surface area contributed by atoms with Crippen molar-refractivity contribution in [2.75, 3.05) is 44.9 Å². The van der Waals surface area contributed by atoms with Gasteiger partial charge in [0.05, 0.1) is 19.3 Å². The molecule has 1 aromatic rings. The summed E-state index contributed by atoms with van der Waals surface area (Å²) in [4.78, 5) is 2.20. The Kier molecular flexibility index (Phi) is 5.76. The molecule has 1 unspecified atom stereocenters. The number of hydrogen-bond acceptors (Lipinski definition) is 4. The fourth-order valence-corrected chi connectivity index (χ4v) is 2.44. The molecule has 1 saturated heterocycles. The monoisotopic (exact) mass is 282 g/mol. The highest BCUT2D eigenvalue weighted by atomic mass is 19.1. The molecule has 1 aromatic carbocycles. The van der Waals surface area contributed by atoms with Crippen LogP contribution in [0.15, 0.2) is 18.2 Å². The molecule has 1 aliphatic rings. The number of anilines is 1. The average molecular weight is 282 g/mol. The molecular formula is C15H23FN2O2. The largest absolute Gasteiger partial charge is 0.383 e. The maximum atomic E-state index is 14.1. The molecule has 2 rings (SSSR count). The smallest absolute Gasteiger partial charge is 0.129 e. The Morgan fingerprint density at radius 3 is 3.10 bits per heavy atom. The van der Waals surface area contributed by atoms with Gasteiger partial charge in [0, 0.05) is 44.5 Å². The predicted octanol–water partition coefficient (Wildman–Crippen LogP) is 1.79. The van der Waals surface area contributed by atoms with Crippen LogP contribution in [0.5, 0.6) is 0 Å². The average Bonchev–Trinajstić information content (AvgIpc) is 2.45. The topological polar surface area (TPSA) is 33.7 Å². The number of rotatable bonds is 6. The van der Waals surface area contributed by atoms with Gasteiger partial charge in [-0.2, -0.15) is 0 Å². The van der Waals surface area contributed by atoms with E-state index < -0.39 is 0 Å². The first kappa shape index (κ1) is 15.2. The van der Waals surface area contributed by atoms with Crippen LogP contribution in [-0.2, 0) is 16.0 Å². The Labute approximate surface area is 119 Å². The van der Waals surface area contributed by atoms with Crippen LogP contribution in [0.25, 0.3) is 0 Å². The van der Waals surface area contributed by atoms with Gasteiger partial charge in [-0.3, -0.25) is 0 Å². The van der Waals surface area contributed by atoms with Crippen molar-refractivity contribution in [2.24, 2.45) is 0 Å². The highest BCUT2D eigenvalue weighted by molar-refractivity contribution is 5.54. The molecule has 0 bridgehead atoms. The van der Waals surface area contributed by atoms with Crippen molar-refractivity contribution in [1.29, 1.82) is 0 Å². The summed E-state index contributed by atoms with van der Waals surface area (Å²) in [5, 5.41) is 3.21. The quantitative estimate of drug-likeness (QED) is 0.807. The Bertz CT molecular complexity index is 428. The number of nitrogens with zero attached hydrogens (tertiary/aromatic N) is 1. The van der Waals surface area contributed by atoms with Gasteiger partial charge in [-0.05, 0) is 19.1 Å². The lowest BCUT2D eigenvalue weighted by Gasteiger charge is -2.34. The minimum Gasteiger partial charge on any atom is -0.383 e. The molecule has 0 amide bonds. The van der Waals surface area contributed by atoms with E-state index in [4.69, 9.17) is 9.47 Å². The molecule has 1 atom stereocenters. The lowest BCUT2D eigenvalue weighted by atomic mass is 10.1. The SMILES string of the molecule is COCCNCc1c(F)cccc1N1CCOC(C)C1. The summed E-state index contributed by atoms with van der Waals surface area (Å²) in [5.74, 6) is -0.161. The summed E-state index contributed by atoms with van der Waals surface area (Å²) in [6.45, 7) is 6.18. The molecule has 0 radical (unpaired) electrons. The molecule has 1 aliphatic heterocycles. The molecule has 0 aliphatic carbocycles. The van der Waals surface area contributed by atoms with E-state index in [0.29, 0.717) is 26.3 Å². The third-order valence-electron chi connectivity index (χ3n) is 3.46. The molecule has 20 heavy (non-hydrogen) atoms. The standard InChI is InChI=1S/C15H23FN2O2/c1-12-11-18(7-9-20-12)15-5-3-4-14(16)13(15)10-17-6-8-19-2/h3-5,12,17H,6-11H2,1-2H3. The fraction of sp³-hybridized carbons (Fsp3) is 0.600. The van der Waals surface area contributed by atoms with Gasteiger partial charge in [0.15, 0.2) is 0 Å². The lowest BCUT2D eigenvalue weighted by Crippen LogP contribution is -2.41. The molecule has 4 nitrogen and oxygen atoms in total. The Balaban J connectivity index is 2.09. The number of hydrogen-bond donors (Lipinski definition) is 1. The van der Waals surface area contributed by atoms with E-state index in [1.165, 1.54) is 6.07 Å². The predicted molar refractivity (Wildman–Crippen MR) is 77.6 cm³/mol. The summed E-state index contributed by atoms with van der Waals surface area (Å²) < 4.78 is 24.6. The number of ether oxygens (including phenoxy) is 2. The normalized spacial score (nSPS) is 19.4. The Hall–Kier alpha value is -1.17. The molecule has 1 heterocycles. The van der Waals surface area contributed by atoms with Crippen LogP contribution in [0.3, 0.4) is 0 Å². The van der Waals surface area contributed by atoms with Crippen LogP contribution >= 0.6 is 0 Å². The van der Waals surface area contributed by atoms with Crippen molar-refractivity contribution in [3.05, 3.63) is 29.6 Å². The fourth-order valence-electron chi connectivity index (χ4n) is 2.44. The van der Waals surface area contributed by atoms with Crippen molar-refractivity contribution in [3.63, 3.8) is 0 Å². The zero-order chi connectivity index (χ0) is 14.4. The molecule has 1 fully saturated rings. The Morgan fingerprint density at radius 2 is 2.35 bits per heavy atom. The zero-order valence-corrected chi connectivity index (χ0v) is 12.2. The van der Waals surface area contributed by atoms with Crippen LogP contribution < -0.4 is 10.2 Å². The van der Waals surface area contributed by atoms with E-state index in [2.05, 4.69) is 10.2 Å². The number of benzene rings is 1. The highest BCUT2D eigenvalue weighted by Gasteiger charge is 2.20. The van der Waals surface area contributed by atoms with Gasteiger partial charge >= 0.3 is 0 Å². The second-order valence-electron chi connectivity index (χ2n) is 5.03. The van der Waals surface area contributed by atoms with Crippen LogP contribution in [0, 0.1) is 5.82 Å². The third kappa shape index (κ3) is 3.91. The third-order valence-corrected chi connectivity index (χ3v) is 3.46. The van der Waals surface area contributed by atoms with Gasteiger partial charge < -0.3 is 19.7 Å². The van der Waals surface area contributed by atoms with E-state index in [-0.39, 0.29) is 11.9 Å². The molecular weight excluding hydrogens is 259 g/mol. The second-order valence-corrected chi connectivity index (χ2v) is 5.03. The maximum absolute atomic E-state index is 14.1. The summed E-state index contributed by atoms with van der Waals surface area (Å²) in [6, 6.07) is 5.26. The molecule has 112 valence electrons. The number of halogens is 1. The van der Waals surface area contributed by atoms with Gasteiger partial charge in [-0.15, -0.1) is 0 Å². The number of nitrogens with one attached hydrogen (secondary N) is 1. The summed E-state index contributed by atoms with van der Waals surface area (Å²) in [6.07, 6.45) is 0.182. The second kappa shape index (κ2) is 7.57. The first-order valence-electron chi connectivity index (χ1n) is 7.06. The first-order valence-corrected chi connectivity index (χ1v) is 7.06. The van der Waals surface area contributed by atoms with Crippen molar-refractivity contribution >= 4 is 5.69 Å². The maximum Gasteiger partial charge on any atom is 0.129 e. The lowest BCUT2D eigenvalue weighted by molar-refractivity contribution is 0.0531. The number of methoxy groups -OCH3 is 1. The number of morpholine rings is 1. The minimum absolute atomic E-state index is 0.161. The molecule has 0 spiro atoms. The van der Waals surface area contributed by atoms with Crippen LogP contribution in [0.4, 0.5) is 10.1 Å². The van der Waals surface area contributed by atoms with Crippen molar-refractivity contribution in [3.8, 4) is 0 Å². The van der Waals surface area contributed by atoms with Crippen LogP contribution in [0.1, 0.15) is 12.5 Å². The van der Waals surface area contributed by atoms with Gasteiger partial charge in [0.25, 0.3) is 0 Å².